The molecule has 0 saturated carbocycles. The summed E-state index contributed by atoms with van der Waals surface area (Å²) in [6.45, 7) is 1.06. The summed E-state index contributed by atoms with van der Waals surface area (Å²) in [5, 5.41) is 11.1. The highest BCUT2D eigenvalue weighted by Gasteiger charge is 2.25. The number of rotatable bonds is 6. The zero-order valence-corrected chi connectivity index (χ0v) is 14.3. The molecule has 0 bridgehead atoms. The summed E-state index contributed by atoms with van der Waals surface area (Å²) in [5.41, 5.74) is 1.14. The van der Waals surface area contributed by atoms with E-state index in [1.54, 1.807) is 0 Å². The third-order valence-electron chi connectivity index (χ3n) is 4.53. The Labute approximate surface area is 150 Å². The molecule has 0 fully saturated rings. The fourth-order valence-electron chi connectivity index (χ4n) is 3.13. The van der Waals surface area contributed by atoms with Gasteiger partial charge < -0.3 is 9.84 Å². The molecule has 2 aromatic heterocycles. The highest BCUT2D eigenvalue weighted by molar-refractivity contribution is 5.78. The fraction of sp³-hybridized carbons (Fsp3) is 0.389. The molecule has 1 unspecified atom stereocenters. The number of carbonyl (C=O) groups excluding carboxylic acids is 1. The van der Waals surface area contributed by atoms with Crippen LogP contribution < -0.4 is 5.32 Å². The van der Waals surface area contributed by atoms with Gasteiger partial charge in [0.15, 0.2) is 5.82 Å². The molecule has 1 aliphatic heterocycles. The molecule has 26 heavy (non-hydrogen) atoms. The maximum Gasteiger partial charge on any atom is 0.228 e. The Morgan fingerprint density at radius 3 is 3.08 bits per heavy atom. The Morgan fingerprint density at radius 1 is 1.31 bits per heavy atom. The van der Waals surface area contributed by atoms with Crippen LogP contribution in [-0.4, -0.2) is 37.4 Å². The van der Waals surface area contributed by atoms with Crippen LogP contribution in [-0.2, 0) is 30.6 Å². The van der Waals surface area contributed by atoms with Gasteiger partial charge in [-0.3, -0.25) is 4.79 Å². The van der Waals surface area contributed by atoms with Gasteiger partial charge in [0, 0.05) is 25.8 Å². The van der Waals surface area contributed by atoms with Crippen molar-refractivity contribution in [3.63, 3.8) is 0 Å². The van der Waals surface area contributed by atoms with Crippen molar-refractivity contribution in [1.29, 1.82) is 0 Å². The van der Waals surface area contributed by atoms with Crippen LogP contribution in [0.4, 0.5) is 0 Å². The van der Waals surface area contributed by atoms with E-state index in [2.05, 4.69) is 25.5 Å². The summed E-state index contributed by atoms with van der Waals surface area (Å²) < 4.78 is 7.07. The van der Waals surface area contributed by atoms with Gasteiger partial charge in [0.25, 0.3) is 0 Å². The van der Waals surface area contributed by atoms with E-state index in [9.17, 15) is 4.79 Å². The summed E-state index contributed by atoms with van der Waals surface area (Å²) in [6, 6.07) is 10.0. The molecular formula is C18H20N6O2. The van der Waals surface area contributed by atoms with Gasteiger partial charge >= 0.3 is 0 Å². The predicted octanol–water partition coefficient (Wildman–Crippen LogP) is 1.17. The van der Waals surface area contributed by atoms with Crippen molar-refractivity contribution in [2.45, 2.75) is 32.2 Å². The second kappa shape index (κ2) is 7.47. The normalized spacial score (nSPS) is 16.2. The molecule has 134 valence electrons. The molecule has 3 aromatic rings. The number of hydrogen-bond acceptors (Lipinski definition) is 6. The maximum atomic E-state index is 12.3. The number of benzene rings is 1. The van der Waals surface area contributed by atoms with Crippen molar-refractivity contribution in [3.05, 3.63) is 59.8 Å². The summed E-state index contributed by atoms with van der Waals surface area (Å²) in [4.78, 5) is 20.9. The van der Waals surface area contributed by atoms with Gasteiger partial charge in [0.2, 0.25) is 11.8 Å². The van der Waals surface area contributed by atoms with E-state index in [1.807, 2.05) is 35.0 Å². The highest BCUT2D eigenvalue weighted by atomic mass is 16.5. The van der Waals surface area contributed by atoms with Crippen LogP contribution in [0, 0.1) is 5.92 Å². The number of hydrogen-bond donors (Lipinski definition) is 1. The zero-order valence-electron chi connectivity index (χ0n) is 14.3. The van der Waals surface area contributed by atoms with Gasteiger partial charge in [-0.05, 0) is 12.0 Å². The molecule has 0 radical (unpaired) electrons. The minimum Gasteiger partial charge on any atom is -0.355 e. The zero-order chi connectivity index (χ0) is 17.8. The van der Waals surface area contributed by atoms with Crippen LogP contribution in [0.5, 0.6) is 0 Å². The van der Waals surface area contributed by atoms with Crippen molar-refractivity contribution in [2.24, 2.45) is 5.92 Å². The van der Waals surface area contributed by atoms with E-state index in [1.165, 1.54) is 6.33 Å². The Balaban J connectivity index is 1.24. The molecule has 0 saturated heterocycles. The van der Waals surface area contributed by atoms with E-state index in [-0.39, 0.29) is 11.8 Å². The number of aryl methyl sites for hydroxylation is 1. The monoisotopic (exact) mass is 352 g/mol. The van der Waals surface area contributed by atoms with Gasteiger partial charge in [-0.1, -0.05) is 35.5 Å². The summed E-state index contributed by atoms with van der Waals surface area (Å²) in [6.07, 6.45) is 4.28. The third-order valence-corrected chi connectivity index (χ3v) is 4.53. The molecule has 8 nitrogen and oxygen atoms in total. The number of aromatic nitrogens is 5. The average Bonchev–Trinajstić information content (AvgIpc) is 3.31. The van der Waals surface area contributed by atoms with Gasteiger partial charge in [-0.25, -0.2) is 9.67 Å². The quantitative estimate of drug-likeness (QED) is 0.715. The van der Waals surface area contributed by atoms with Crippen molar-refractivity contribution >= 4 is 5.91 Å². The molecule has 0 spiro atoms. The second-order valence-electron chi connectivity index (χ2n) is 6.40. The lowest BCUT2D eigenvalue weighted by Crippen LogP contribution is -2.37. The van der Waals surface area contributed by atoms with Crippen molar-refractivity contribution in [3.8, 4) is 0 Å². The number of nitrogens with zero attached hydrogens (tertiary/aromatic N) is 5. The van der Waals surface area contributed by atoms with Gasteiger partial charge in [-0.2, -0.15) is 10.1 Å². The molecule has 1 atom stereocenters. The minimum atomic E-state index is -0.0690. The number of fused-ring (bicyclic) bond motifs is 1. The topological polar surface area (TPSA) is 98.7 Å². The SMILES string of the molecule is O=C(NCCc1nc(Cc2ccccc2)no1)C1CCc2ncnn2C1. The van der Waals surface area contributed by atoms with Crippen molar-refractivity contribution < 1.29 is 9.32 Å². The summed E-state index contributed by atoms with van der Waals surface area (Å²) in [5.74, 6) is 2.11. The molecular weight excluding hydrogens is 332 g/mol. The number of carbonyl (C=O) groups is 1. The molecule has 1 amide bonds. The van der Waals surface area contributed by atoms with E-state index < -0.39 is 0 Å². The first-order valence-electron chi connectivity index (χ1n) is 8.78. The lowest BCUT2D eigenvalue weighted by atomic mass is 9.99. The van der Waals surface area contributed by atoms with E-state index in [0.717, 1.165) is 24.2 Å². The van der Waals surface area contributed by atoms with E-state index >= 15 is 0 Å². The fourth-order valence-corrected chi connectivity index (χ4v) is 3.13. The van der Waals surface area contributed by atoms with Crippen LogP contribution >= 0.6 is 0 Å². The Hall–Kier alpha value is -3.03. The molecule has 4 rings (SSSR count). The average molecular weight is 352 g/mol. The largest absolute Gasteiger partial charge is 0.355 e. The van der Waals surface area contributed by atoms with Gasteiger partial charge in [-0.15, -0.1) is 0 Å². The Kier molecular flexibility index (Phi) is 4.72. The smallest absolute Gasteiger partial charge is 0.228 e. The number of nitrogens with one attached hydrogen (secondary N) is 1. The summed E-state index contributed by atoms with van der Waals surface area (Å²) >= 11 is 0. The second-order valence-corrected chi connectivity index (χ2v) is 6.40. The van der Waals surface area contributed by atoms with E-state index in [0.29, 0.717) is 37.6 Å². The number of amides is 1. The molecule has 1 aliphatic rings. The first kappa shape index (κ1) is 16.4. The van der Waals surface area contributed by atoms with Crippen LogP contribution in [0.25, 0.3) is 0 Å². The van der Waals surface area contributed by atoms with Gasteiger partial charge in [0.1, 0.15) is 12.2 Å². The molecule has 1 aromatic carbocycles. The van der Waals surface area contributed by atoms with Crippen molar-refractivity contribution in [2.75, 3.05) is 6.54 Å². The first-order chi connectivity index (χ1) is 12.8. The lowest BCUT2D eigenvalue weighted by Gasteiger charge is -2.21. The Bertz CT molecular complexity index is 873. The highest BCUT2D eigenvalue weighted by Crippen LogP contribution is 2.17. The first-order valence-corrected chi connectivity index (χ1v) is 8.78. The lowest BCUT2D eigenvalue weighted by molar-refractivity contribution is -0.126. The molecule has 3 heterocycles. The van der Waals surface area contributed by atoms with Crippen LogP contribution in [0.3, 0.4) is 0 Å². The van der Waals surface area contributed by atoms with Gasteiger partial charge in [0.05, 0.1) is 12.5 Å². The molecule has 0 aliphatic carbocycles. The van der Waals surface area contributed by atoms with Crippen LogP contribution in [0.15, 0.2) is 41.2 Å². The van der Waals surface area contributed by atoms with E-state index in [4.69, 9.17) is 4.52 Å². The predicted molar refractivity (Wildman–Crippen MR) is 92.1 cm³/mol. The van der Waals surface area contributed by atoms with Crippen LogP contribution in [0.1, 0.15) is 29.5 Å². The standard InChI is InChI=1S/C18H20N6O2/c25-18(14-6-7-16-20-12-21-24(16)11-14)19-9-8-17-22-15(23-26-17)10-13-4-2-1-3-5-13/h1-5,12,14H,6-11H2,(H,19,25). The molecule has 8 heteroatoms. The molecule has 1 N–H and O–H groups in total. The maximum absolute atomic E-state index is 12.3. The van der Waals surface area contributed by atoms with Crippen LogP contribution in [0.2, 0.25) is 0 Å². The Morgan fingerprint density at radius 2 is 2.19 bits per heavy atom. The third kappa shape index (κ3) is 3.79. The van der Waals surface area contributed by atoms with Crippen molar-refractivity contribution in [1.82, 2.24) is 30.2 Å². The minimum absolute atomic E-state index is 0.0372. The summed E-state index contributed by atoms with van der Waals surface area (Å²) in [7, 11) is 0.